The lowest BCUT2D eigenvalue weighted by Crippen LogP contribution is -2.69. The highest BCUT2D eigenvalue weighted by Gasteiger charge is 2.71. The summed E-state index contributed by atoms with van der Waals surface area (Å²) in [4.78, 5) is 13.7. The highest BCUT2D eigenvalue weighted by atomic mass is 19.1. The average molecular weight is 515 g/mol. The minimum Gasteiger partial charge on any atom is -0.298 e. The first-order valence-electron chi connectivity index (χ1n) is 17.2. The van der Waals surface area contributed by atoms with Crippen LogP contribution in [0.25, 0.3) is 0 Å². The number of unbranched alkanes of at least 4 members (excludes halogenated alkanes) is 4. The second kappa shape index (κ2) is 12.4. The van der Waals surface area contributed by atoms with E-state index >= 15 is 4.39 Å². The molecule has 0 aromatic rings. The Bertz CT molecular complexity index is 712. The minimum atomic E-state index is -0.839. The van der Waals surface area contributed by atoms with Crippen molar-refractivity contribution in [2.75, 3.05) is 0 Å². The molecule has 1 nitrogen and oxygen atoms in total. The zero-order chi connectivity index (χ0) is 25.9. The Balaban J connectivity index is 1.04. The number of carbonyl (C=O) groups excluding carboxylic acids is 1. The lowest BCUT2D eigenvalue weighted by atomic mass is 9.41. The molecular weight excluding hydrogens is 455 g/mol. The van der Waals surface area contributed by atoms with Gasteiger partial charge in [-0.25, -0.2) is 4.39 Å². The van der Waals surface area contributed by atoms with Crippen LogP contribution in [0.1, 0.15) is 162 Å². The van der Waals surface area contributed by atoms with Crippen molar-refractivity contribution in [3.63, 3.8) is 0 Å². The molecule has 5 fully saturated rings. The maximum absolute atomic E-state index is 16.1. The third-order valence-corrected chi connectivity index (χ3v) is 13.1. The first-order chi connectivity index (χ1) is 18.0. The minimum absolute atomic E-state index is 0.380. The van der Waals surface area contributed by atoms with E-state index in [4.69, 9.17) is 0 Å². The van der Waals surface area contributed by atoms with Gasteiger partial charge in [0, 0.05) is 0 Å². The van der Waals surface area contributed by atoms with Crippen molar-refractivity contribution < 1.29 is 9.18 Å². The van der Waals surface area contributed by atoms with Gasteiger partial charge in [0.1, 0.15) is 6.17 Å². The number of halogens is 1. The first kappa shape index (κ1) is 28.1. The number of Topliss-reactive ketones (excluding diaryl/α,β-unsaturated/α-hetero) is 1. The first-order valence-corrected chi connectivity index (χ1v) is 17.2. The Hall–Kier alpha value is -0.400. The van der Waals surface area contributed by atoms with Crippen LogP contribution in [0.3, 0.4) is 0 Å². The SMILES string of the molecule is CCCCCCCC1CCC(C2CC[C@]3(CC2)C(=O)[C@@]2(CCC(C4CCC(CC)CC4)CC2)[C@@H]3F)CC1. The topological polar surface area (TPSA) is 17.1 Å². The standard InChI is InChI=1S/C35H59FO/c1-3-5-6-7-8-9-27-12-16-29(17-13-27)31-20-24-35(25-21-31)32(36)34(33(35)37)22-18-30(19-23-34)28-14-10-26(4-2)11-15-28/h26-32H,3-25H2,1-2H3/t26?,27?,28?,29?,30?,31?,32-,34-,35-/m0/s1. The van der Waals surface area contributed by atoms with Crippen molar-refractivity contribution in [3.8, 4) is 0 Å². The van der Waals surface area contributed by atoms with Crippen LogP contribution < -0.4 is 0 Å². The smallest absolute Gasteiger partial charge is 0.151 e. The van der Waals surface area contributed by atoms with E-state index in [0.29, 0.717) is 5.78 Å². The summed E-state index contributed by atoms with van der Waals surface area (Å²) in [7, 11) is 0. The summed E-state index contributed by atoms with van der Waals surface area (Å²) in [6.45, 7) is 4.63. The van der Waals surface area contributed by atoms with E-state index in [9.17, 15) is 4.79 Å². The van der Waals surface area contributed by atoms with Crippen LogP contribution in [-0.2, 0) is 4.79 Å². The molecule has 5 saturated carbocycles. The van der Waals surface area contributed by atoms with Gasteiger partial charge >= 0.3 is 0 Å². The highest BCUT2D eigenvalue weighted by molar-refractivity contribution is 5.98. The predicted molar refractivity (Wildman–Crippen MR) is 153 cm³/mol. The van der Waals surface area contributed by atoms with Crippen LogP contribution in [-0.4, -0.2) is 12.0 Å². The van der Waals surface area contributed by atoms with Gasteiger partial charge in [0.25, 0.3) is 0 Å². The third kappa shape index (κ3) is 5.62. The van der Waals surface area contributed by atoms with Crippen molar-refractivity contribution >= 4 is 5.78 Å². The number of rotatable bonds is 9. The lowest BCUT2D eigenvalue weighted by Gasteiger charge is -2.62. The van der Waals surface area contributed by atoms with Gasteiger partial charge in [0.2, 0.25) is 0 Å². The van der Waals surface area contributed by atoms with E-state index in [-0.39, 0.29) is 0 Å². The molecule has 0 bridgehead atoms. The number of alkyl halides is 1. The van der Waals surface area contributed by atoms with Gasteiger partial charge in [-0.2, -0.15) is 0 Å². The molecule has 0 aromatic heterocycles. The Morgan fingerprint density at radius 1 is 0.595 bits per heavy atom. The summed E-state index contributed by atoms with van der Waals surface area (Å²) in [5.74, 6) is 5.53. The third-order valence-electron chi connectivity index (χ3n) is 13.1. The van der Waals surface area contributed by atoms with Gasteiger partial charge in [-0.3, -0.25) is 4.79 Å². The van der Waals surface area contributed by atoms with Gasteiger partial charge in [-0.15, -0.1) is 0 Å². The van der Waals surface area contributed by atoms with Crippen LogP contribution in [0.2, 0.25) is 0 Å². The highest BCUT2D eigenvalue weighted by Crippen LogP contribution is 2.66. The van der Waals surface area contributed by atoms with Crippen molar-refractivity contribution in [3.05, 3.63) is 0 Å². The fourth-order valence-electron chi connectivity index (χ4n) is 10.4. The van der Waals surface area contributed by atoms with Crippen molar-refractivity contribution in [2.45, 2.75) is 168 Å². The number of ketones is 1. The zero-order valence-corrected chi connectivity index (χ0v) is 24.6. The second-order valence-corrected chi connectivity index (χ2v) is 14.9. The van der Waals surface area contributed by atoms with Crippen LogP contribution in [0.5, 0.6) is 0 Å². The van der Waals surface area contributed by atoms with E-state index in [1.54, 1.807) is 0 Å². The summed E-state index contributed by atoms with van der Waals surface area (Å²) in [6, 6.07) is 0. The summed E-state index contributed by atoms with van der Waals surface area (Å²) in [6.07, 6.45) is 28.1. The maximum Gasteiger partial charge on any atom is 0.151 e. The average Bonchev–Trinajstić information content (AvgIpc) is 2.97. The molecule has 0 heterocycles. The van der Waals surface area contributed by atoms with Gasteiger partial charge < -0.3 is 0 Å². The molecular formula is C35H59FO. The summed E-state index contributed by atoms with van der Waals surface area (Å²) >= 11 is 0. The quantitative estimate of drug-likeness (QED) is 0.280. The van der Waals surface area contributed by atoms with E-state index in [0.717, 1.165) is 86.9 Å². The molecule has 0 amide bonds. The molecule has 5 rings (SSSR count). The molecule has 5 aliphatic rings. The maximum atomic E-state index is 16.1. The van der Waals surface area contributed by atoms with Crippen molar-refractivity contribution in [1.82, 2.24) is 0 Å². The summed E-state index contributed by atoms with van der Waals surface area (Å²) in [5.41, 5.74) is -1.14. The molecule has 0 aromatic carbocycles. The lowest BCUT2D eigenvalue weighted by molar-refractivity contribution is -0.194. The Morgan fingerprint density at radius 3 is 1.46 bits per heavy atom. The molecule has 212 valence electrons. The summed E-state index contributed by atoms with van der Waals surface area (Å²) < 4.78 is 16.1. The van der Waals surface area contributed by atoms with Crippen LogP contribution in [0, 0.1) is 46.3 Å². The van der Waals surface area contributed by atoms with Gasteiger partial charge in [-0.1, -0.05) is 84.5 Å². The van der Waals surface area contributed by atoms with Gasteiger partial charge in [-0.05, 0) is 113 Å². The van der Waals surface area contributed by atoms with E-state index in [2.05, 4.69) is 13.8 Å². The second-order valence-electron chi connectivity index (χ2n) is 14.9. The molecule has 0 N–H and O–H groups in total. The summed E-state index contributed by atoms with van der Waals surface area (Å²) in [5, 5.41) is 0. The molecule has 0 aliphatic heterocycles. The Morgan fingerprint density at radius 2 is 1.03 bits per heavy atom. The molecule has 0 unspecified atom stereocenters. The van der Waals surface area contributed by atoms with E-state index in [1.165, 1.54) is 96.3 Å². The van der Waals surface area contributed by atoms with Gasteiger partial charge in [0.15, 0.2) is 5.78 Å². The molecule has 2 spiro atoms. The largest absolute Gasteiger partial charge is 0.298 e. The van der Waals surface area contributed by atoms with Crippen molar-refractivity contribution in [1.29, 1.82) is 0 Å². The molecule has 0 radical (unpaired) electrons. The van der Waals surface area contributed by atoms with E-state index in [1.807, 2.05) is 0 Å². The number of hydrogen-bond acceptors (Lipinski definition) is 1. The van der Waals surface area contributed by atoms with Crippen molar-refractivity contribution in [2.24, 2.45) is 46.3 Å². The van der Waals surface area contributed by atoms with Crippen LogP contribution >= 0.6 is 0 Å². The Labute approximate surface area is 228 Å². The Kier molecular flexibility index (Phi) is 9.44. The van der Waals surface area contributed by atoms with E-state index < -0.39 is 17.0 Å². The van der Waals surface area contributed by atoms with Crippen LogP contribution in [0.15, 0.2) is 0 Å². The fraction of sp³-hybridized carbons (Fsp3) is 0.971. The van der Waals surface area contributed by atoms with Crippen LogP contribution in [0.4, 0.5) is 4.39 Å². The predicted octanol–water partition coefficient (Wildman–Crippen LogP) is 10.6. The normalized spacial score (nSPS) is 44.7. The zero-order valence-electron chi connectivity index (χ0n) is 24.6. The molecule has 2 heteroatoms. The number of carbonyl (C=O) groups is 1. The molecule has 0 saturated heterocycles. The number of hydrogen-bond donors (Lipinski definition) is 0. The van der Waals surface area contributed by atoms with Gasteiger partial charge in [0.05, 0.1) is 10.8 Å². The fourth-order valence-corrected chi connectivity index (χ4v) is 10.4. The monoisotopic (exact) mass is 514 g/mol. The molecule has 5 aliphatic carbocycles. The molecule has 37 heavy (non-hydrogen) atoms. The molecule has 1 atom stereocenters.